The van der Waals surface area contributed by atoms with Gasteiger partial charge in [0.1, 0.15) is 5.60 Å². The van der Waals surface area contributed by atoms with Crippen LogP contribution in [0.15, 0.2) is 36.7 Å². The van der Waals surface area contributed by atoms with E-state index in [1.54, 1.807) is 39.1 Å². The molecule has 4 nitrogen and oxygen atoms in total. The molecular formula is C18H24F2N2O2. The molecule has 0 saturated carbocycles. The molecule has 0 amide bonds. The average Bonchev–Trinajstić information content (AvgIpc) is 2.96. The quantitative estimate of drug-likeness (QED) is 0.758. The lowest BCUT2D eigenvalue weighted by atomic mass is 10.2. The molecule has 1 heterocycles. The first-order valence-electron chi connectivity index (χ1n) is 7.88. The van der Waals surface area contributed by atoms with Gasteiger partial charge in [-0.15, -0.1) is 0 Å². The molecule has 1 aromatic carbocycles. The van der Waals surface area contributed by atoms with Crippen LogP contribution >= 0.6 is 0 Å². The topological polar surface area (TPSA) is 44.1 Å². The van der Waals surface area contributed by atoms with Gasteiger partial charge >= 0.3 is 5.97 Å². The predicted molar refractivity (Wildman–Crippen MR) is 89.4 cm³/mol. The second-order valence-corrected chi connectivity index (χ2v) is 5.95. The molecule has 0 atom stereocenters. The monoisotopic (exact) mass is 338 g/mol. The van der Waals surface area contributed by atoms with Crippen LogP contribution in [0, 0.1) is 0 Å². The average molecular weight is 338 g/mol. The number of carbonyl (C=O) groups excluding carboxylic acids is 1. The van der Waals surface area contributed by atoms with Crippen molar-refractivity contribution in [1.82, 2.24) is 9.78 Å². The summed E-state index contributed by atoms with van der Waals surface area (Å²) in [5, 5.41) is 4.10. The van der Waals surface area contributed by atoms with Crippen LogP contribution in [0.3, 0.4) is 0 Å². The first kappa shape index (κ1) is 19.8. The number of hydrogen-bond donors (Lipinski definition) is 0. The lowest BCUT2D eigenvalue weighted by Crippen LogP contribution is -2.24. The van der Waals surface area contributed by atoms with Crippen LogP contribution in [-0.2, 0) is 16.0 Å². The molecule has 0 fully saturated rings. The fraction of sp³-hybridized carbons (Fsp3) is 0.444. The molecule has 0 radical (unpaired) electrons. The van der Waals surface area contributed by atoms with Gasteiger partial charge in [0.25, 0.3) is 6.43 Å². The second-order valence-electron chi connectivity index (χ2n) is 5.95. The number of benzene rings is 1. The van der Waals surface area contributed by atoms with Crippen molar-refractivity contribution in [2.75, 3.05) is 0 Å². The predicted octanol–water partition coefficient (Wildman–Crippen LogP) is 4.72. The Labute approximate surface area is 141 Å². The van der Waals surface area contributed by atoms with E-state index in [2.05, 4.69) is 5.10 Å². The van der Waals surface area contributed by atoms with E-state index in [0.29, 0.717) is 11.3 Å². The molecule has 6 heteroatoms. The highest BCUT2D eigenvalue weighted by atomic mass is 19.3. The van der Waals surface area contributed by atoms with Gasteiger partial charge in [-0.1, -0.05) is 26.0 Å². The summed E-state index contributed by atoms with van der Waals surface area (Å²) in [4.78, 5) is 11.8. The highest BCUT2D eigenvalue weighted by Gasteiger charge is 2.17. The van der Waals surface area contributed by atoms with Gasteiger partial charge in [0.05, 0.1) is 18.3 Å². The number of ether oxygens (including phenoxy) is 1. The molecular weight excluding hydrogens is 314 g/mol. The SMILES string of the molecule is CC.CC(C)(C)OC(=O)Cc1cnn(-c2cccc(C(F)F)c2)c1. The van der Waals surface area contributed by atoms with Gasteiger partial charge in [0.2, 0.25) is 0 Å². The van der Waals surface area contributed by atoms with Crippen molar-refractivity contribution < 1.29 is 18.3 Å². The molecule has 2 rings (SSSR count). The van der Waals surface area contributed by atoms with Gasteiger partial charge < -0.3 is 4.74 Å². The zero-order valence-electron chi connectivity index (χ0n) is 14.7. The smallest absolute Gasteiger partial charge is 0.310 e. The fourth-order valence-electron chi connectivity index (χ4n) is 1.94. The van der Waals surface area contributed by atoms with Crippen molar-refractivity contribution in [3.8, 4) is 5.69 Å². The third-order valence-electron chi connectivity index (χ3n) is 2.79. The Bertz CT molecular complexity index is 661. The van der Waals surface area contributed by atoms with Crippen molar-refractivity contribution in [2.24, 2.45) is 0 Å². The van der Waals surface area contributed by atoms with Crippen LogP contribution in [0.5, 0.6) is 0 Å². The summed E-state index contributed by atoms with van der Waals surface area (Å²) >= 11 is 0. The molecule has 24 heavy (non-hydrogen) atoms. The number of carbonyl (C=O) groups is 1. The van der Waals surface area contributed by atoms with E-state index in [0.717, 1.165) is 0 Å². The standard InChI is InChI=1S/C16H18F2N2O2.C2H6/c1-16(2,3)22-14(21)7-11-9-19-20(10-11)13-6-4-5-12(8-13)15(17)18;1-2/h4-6,8-10,15H,7H2,1-3H3;1-2H3. The Morgan fingerprint density at radius 1 is 1.29 bits per heavy atom. The van der Waals surface area contributed by atoms with Gasteiger partial charge in [-0.3, -0.25) is 4.79 Å². The number of aromatic nitrogens is 2. The summed E-state index contributed by atoms with van der Waals surface area (Å²) in [5.74, 6) is -0.353. The summed E-state index contributed by atoms with van der Waals surface area (Å²) in [6, 6.07) is 5.95. The lowest BCUT2D eigenvalue weighted by Gasteiger charge is -2.19. The Balaban J connectivity index is 0.00000139. The normalized spacial score (nSPS) is 11.0. The van der Waals surface area contributed by atoms with E-state index in [-0.39, 0.29) is 18.0 Å². The first-order chi connectivity index (χ1) is 11.2. The lowest BCUT2D eigenvalue weighted by molar-refractivity contribution is -0.153. The zero-order valence-corrected chi connectivity index (χ0v) is 14.7. The Morgan fingerprint density at radius 2 is 1.96 bits per heavy atom. The van der Waals surface area contributed by atoms with E-state index < -0.39 is 12.0 Å². The minimum absolute atomic E-state index is 0.0679. The number of hydrogen-bond acceptors (Lipinski definition) is 3. The van der Waals surface area contributed by atoms with Crippen LogP contribution in [-0.4, -0.2) is 21.4 Å². The maximum Gasteiger partial charge on any atom is 0.310 e. The summed E-state index contributed by atoms with van der Waals surface area (Å²) < 4.78 is 32.1. The second kappa shape index (κ2) is 8.57. The summed E-state index contributed by atoms with van der Waals surface area (Å²) in [7, 11) is 0. The van der Waals surface area contributed by atoms with E-state index in [9.17, 15) is 13.6 Å². The van der Waals surface area contributed by atoms with Crippen molar-refractivity contribution in [3.63, 3.8) is 0 Å². The van der Waals surface area contributed by atoms with E-state index in [4.69, 9.17) is 4.74 Å². The molecule has 0 aliphatic heterocycles. The van der Waals surface area contributed by atoms with Gasteiger partial charge in [-0.05, 0) is 32.9 Å². The van der Waals surface area contributed by atoms with Gasteiger partial charge in [-0.2, -0.15) is 5.10 Å². The van der Waals surface area contributed by atoms with Crippen molar-refractivity contribution in [3.05, 3.63) is 47.8 Å². The van der Waals surface area contributed by atoms with Crippen molar-refractivity contribution in [2.45, 2.75) is 53.1 Å². The van der Waals surface area contributed by atoms with Crippen LogP contribution in [0.25, 0.3) is 5.69 Å². The third-order valence-corrected chi connectivity index (χ3v) is 2.79. The van der Waals surface area contributed by atoms with Crippen molar-refractivity contribution in [1.29, 1.82) is 0 Å². The molecule has 0 unspecified atom stereocenters. The number of nitrogens with zero attached hydrogens (tertiary/aromatic N) is 2. The molecule has 0 N–H and O–H groups in total. The highest BCUT2D eigenvalue weighted by Crippen LogP contribution is 2.21. The molecule has 0 aliphatic rings. The van der Waals surface area contributed by atoms with Crippen LogP contribution in [0.2, 0.25) is 0 Å². The number of rotatable bonds is 4. The molecule has 0 spiro atoms. The number of alkyl halides is 2. The molecule has 0 aliphatic carbocycles. The van der Waals surface area contributed by atoms with E-state index in [1.807, 2.05) is 13.8 Å². The van der Waals surface area contributed by atoms with E-state index >= 15 is 0 Å². The van der Waals surface area contributed by atoms with Crippen LogP contribution in [0.1, 0.15) is 52.2 Å². The van der Waals surface area contributed by atoms with Gasteiger partial charge in [0.15, 0.2) is 0 Å². The molecule has 1 aromatic heterocycles. The number of esters is 1. The molecule has 0 saturated heterocycles. The summed E-state index contributed by atoms with van der Waals surface area (Å²) in [6.45, 7) is 9.39. The van der Waals surface area contributed by atoms with Crippen LogP contribution in [0.4, 0.5) is 8.78 Å². The minimum atomic E-state index is -2.53. The van der Waals surface area contributed by atoms with Gasteiger partial charge in [0, 0.05) is 17.3 Å². The summed E-state index contributed by atoms with van der Waals surface area (Å²) in [5.41, 5.74) is 0.574. The first-order valence-corrected chi connectivity index (χ1v) is 7.88. The third kappa shape index (κ3) is 6.10. The minimum Gasteiger partial charge on any atom is -0.460 e. The maximum atomic E-state index is 12.7. The fourth-order valence-corrected chi connectivity index (χ4v) is 1.94. The number of halogens is 2. The molecule has 0 bridgehead atoms. The maximum absolute atomic E-state index is 12.7. The van der Waals surface area contributed by atoms with Crippen molar-refractivity contribution >= 4 is 5.97 Å². The Morgan fingerprint density at radius 3 is 2.54 bits per heavy atom. The Hall–Kier alpha value is -2.24. The zero-order chi connectivity index (χ0) is 18.3. The Kier molecular flexibility index (Phi) is 7.07. The van der Waals surface area contributed by atoms with E-state index in [1.165, 1.54) is 23.0 Å². The molecule has 2 aromatic rings. The largest absolute Gasteiger partial charge is 0.460 e. The molecule has 132 valence electrons. The van der Waals surface area contributed by atoms with Crippen LogP contribution < -0.4 is 0 Å². The highest BCUT2D eigenvalue weighted by molar-refractivity contribution is 5.72. The van der Waals surface area contributed by atoms with Gasteiger partial charge in [-0.25, -0.2) is 13.5 Å². The summed E-state index contributed by atoms with van der Waals surface area (Å²) in [6.07, 6.45) is 0.718.